The summed E-state index contributed by atoms with van der Waals surface area (Å²) in [6, 6.07) is 36.3. The number of rotatable bonds is 6. The van der Waals surface area contributed by atoms with Crippen LogP contribution in [0.2, 0.25) is 0 Å². The number of ether oxygens (including phenoxy) is 1. The second kappa shape index (κ2) is 9.79. The third kappa shape index (κ3) is 4.84. The smallest absolute Gasteiger partial charge is 0.272 e. The molecule has 5 rings (SSSR count). The van der Waals surface area contributed by atoms with E-state index in [1.54, 1.807) is 12.3 Å². The molecule has 5 nitrogen and oxygen atoms in total. The van der Waals surface area contributed by atoms with Gasteiger partial charge in [0.15, 0.2) is 0 Å². The van der Waals surface area contributed by atoms with E-state index >= 15 is 0 Å². The van der Waals surface area contributed by atoms with E-state index in [2.05, 4.69) is 10.5 Å². The molecule has 5 heteroatoms. The van der Waals surface area contributed by atoms with Crippen molar-refractivity contribution in [2.24, 2.45) is 5.10 Å². The Hall–Kier alpha value is -4.77. The lowest BCUT2D eigenvalue weighted by molar-refractivity contribution is 0.0956. The van der Waals surface area contributed by atoms with E-state index in [1.165, 1.54) is 0 Å². The first-order valence-electron chi connectivity index (χ1n) is 10.9. The summed E-state index contributed by atoms with van der Waals surface area (Å²) >= 11 is 0. The molecule has 0 aliphatic carbocycles. The van der Waals surface area contributed by atoms with Gasteiger partial charge in [0.05, 0.1) is 23.0 Å². The molecular weight excluding hydrogens is 422 g/mol. The van der Waals surface area contributed by atoms with E-state index < -0.39 is 0 Å². The molecule has 0 unspecified atom stereocenters. The molecule has 0 radical (unpaired) electrons. The Morgan fingerprint density at radius 1 is 0.765 bits per heavy atom. The highest BCUT2D eigenvalue weighted by Gasteiger charge is 2.13. The number of fused-ring (bicyclic) bond motifs is 1. The molecule has 0 aliphatic rings. The van der Waals surface area contributed by atoms with Crippen LogP contribution >= 0.6 is 0 Å². The highest BCUT2D eigenvalue weighted by atomic mass is 16.5. The van der Waals surface area contributed by atoms with Crippen LogP contribution in [0.5, 0.6) is 11.5 Å². The summed E-state index contributed by atoms with van der Waals surface area (Å²) in [4.78, 5) is 17.8. The fourth-order valence-electron chi connectivity index (χ4n) is 3.63. The summed E-state index contributed by atoms with van der Waals surface area (Å²) in [7, 11) is 0. The van der Waals surface area contributed by atoms with Crippen LogP contribution in [0.25, 0.3) is 22.2 Å². The molecule has 0 saturated heterocycles. The minimum atomic E-state index is -0.302. The van der Waals surface area contributed by atoms with Gasteiger partial charge in [-0.25, -0.2) is 10.4 Å². The van der Waals surface area contributed by atoms with Crippen molar-refractivity contribution in [3.05, 3.63) is 126 Å². The maximum absolute atomic E-state index is 13.1. The van der Waals surface area contributed by atoms with Gasteiger partial charge in [0.25, 0.3) is 5.91 Å². The van der Waals surface area contributed by atoms with Crippen molar-refractivity contribution in [1.29, 1.82) is 0 Å². The summed E-state index contributed by atoms with van der Waals surface area (Å²) in [5, 5.41) is 4.95. The molecule has 5 aromatic rings. The van der Waals surface area contributed by atoms with E-state index in [0.29, 0.717) is 11.3 Å². The first-order valence-corrected chi connectivity index (χ1v) is 10.9. The van der Waals surface area contributed by atoms with Gasteiger partial charge in [-0.2, -0.15) is 5.10 Å². The Labute approximate surface area is 197 Å². The minimum absolute atomic E-state index is 0.302. The number of amides is 1. The highest BCUT2D eigenvalue weighted by Crippen LogP contribution is 2.25. The predicted molar refractivity (Wildman–Crippen MR) is 135 cm³/mol. The lowest BCUT2D eigenvalue weighted by Gasteiger charge is -2.09. The number of hydrazone groups is 1. The Morgan fingerprint density at radius 2 is 1.47 bits per heavy atom. The van der Waals surface area contributed by atoms with Gasteiger partial charge in [-0.15, -0.1) is 0 Å². The van der Waals surface area contributed by atoms with Crippen molar-refractivity contribution in [1.82, 2.24) is 10.4 Å². The molecule has 0 bridgehead atoms. The number of carbonyl (C=O) groups excluding carboxylic acids is 1. The van der Waals surface area contributed by atoms with Gasteiger partial charge < -0.3 is 4.74 Å². The molecule has 1 N–H and O–H groups in total. The van der Waals surface area contributed by atoms with Crippen LogP contribution in [0.4, 0.5) is 0 Å². The first-order chi connectivity index (χ1) is 16.8. The van der Waals surface area contributed by atoms with Crippen LogP contribution in [0.1, 0.15) is 15.9 Å². The number of benzene rings is 4. The largest absolute Gasteiger partial charge is 0.457 e. The topological polar surface area (TPSA) is 63.6 Å². The van der Waals surface area contributed by atoms with Gasteiger partial charge in [-0.05, 0) is 42.0 Å². The van der Waals surface area contributed by atoms with Crippen molar-refractivity contribution in [3.8, 4) is 22.8 Å². The van der Waals surface area contributed by atoms with E-state index in [9.17, 15) is 4.79 Å². The van der Waals surface area contributed by atoms with Gasteiger partial charge >= 0.3 is 0 Å². The van der Waals surface area contributed by atoms with Gasteiger partial charge in [-0.1, -0.05) is 78.9 Å². The lowest BCUT2D eigenvalue weighted by atomic mass is 10.0. The molecule has 0 atom stereocenters. The Balaban J connectivity index is 1.37. The number of para-hydroxylation sites is 2. The fraction of sp³-hybridized carbons (Fsp3) is 0. The second-order valence-corrected chi connectivity index (χ2v) is 7.62. The number of hydrogen-bond donors (Lipinski definition) is 1. The standard InChI is InChI=1S/C29H21N3O2/c33-29(32-30-20-21-10-9-15-24(18-21)34-23-13-5-2-6-14-23)26-19-28(22-11-3-1-4-12-22)31-27-17-8-7-16-25(26)27/h1-20H,(H,32,33)/b30-20-. The van der Waals surface area contributed by atoms with Gasteiger partial charge in [0, 0.05) is 10.9 Å². The number of carbonyl (C=O) groups is 1. The highest BCUT2D eigenvalue weighted by molar-refractivity contribution is 6.07. The lowest BCUT2D eigenvalue weighted by Crippen LogP contribution is -2.18. The van der Waals surface area contributed by atoms with Crippen LogP contribution in [0, 0.1) is 0 Å². The van der Waals surface area contributed by atoms with E-state index in [1.807, 2.05) is 109 Å². The van der Waals surface area contributed by atoms with Gasteiger partial charge in [0.1, 0.15) is 11.5 Å². The van der Waals surface area contributed by atoms with Crippen molar-refractivity contribution < 1.29 is 9.53 Å². The maximum Gasteiger partial charge on any atom is 0.272 e. The normalized spacial score (nSPS) is 10.9. The van der Waals surface area contributed by atoms with Gasteiger partial charge in [-0.3, -0.25) is 4.79 Å². The fourth-order valence-corrected chi connectivity index (χ4v) is 3.63. The summed E-state index contributed by atoms with van der Waals surface area (Å²) < 4.78 is 5.86. The maximum atomic E-state index is 13.1. The number of pyridine rings is 1. The minimum Gasteiger partial charge on any atom is -0.457 e. The Morgan fingerprint density at radius 3 is 2.29 bits per heavy atom. The quantitative estimate of drug-likeness (QED) is 0.242. The molecule has 164 valence electrons. The van der Waals surface area contributed by atoms with E-state index in [4.69, 9.17) is 9.72 Å². The molecule has 0 aliphatic heterocycles. The molecule has 0 spiro atoms. The molecule has 1 heterocycles. The van der Waals surface area contributed by atoms with Crippen molar-refractivity contribution in [3.63, 3.8) is 0 Å². The third-order valence-electron chi connectivity index (χ3n) is 5.25. The van der Waals surface area contributed by atoms with Crippen LogP contribution in [-0.4, -0.2) is 17.1 Å². The Bertz CT molecular complexity index is 1470. The predicted octanol–water partition coefficient (Wildman–Crippen LogP) is 6.46. The van der Waals surface area contributed by atoms with Crippen LogP contribution in [0.3, 0.4) is 0 Å². The van der Waals surface area contributed by atoms with Crippen LogP contribution in [-0.2, 0) is 0 Å². The zero-order valence-corrected chi connectivity index (χ0v) is 18.3. The number of nitrogens with one attached hydrogen (secondary N) is 1. The molecular formula is C29H21N3O2. The molecule has 1 amide bonds. The third-order valence-corrected chi connectivity index (χ3v) is 5.25. The van der Waals surface area contributed by atoms with E-state index in [-0.39, 0.29) is 5.91 Å². The molecule has 34 heavy (non-hydrogen) atoms. The first kappa shape index (κ1) is 21.1. The zero-order chi connectivity index (χ0) is 23.2. The zero-order valence-electron chi connectivity index (χ0n) is 18.3. The molecule has 4 aromatic carbocycles. The average Bonchev–Trinajstić information content (AvgIpc) is 2.89. The molecule has 0 fully saturated rings. The number of aromatic nitrogens is 1. The van der Waals surface area contributed by atoms with Crippen LogP contribution in [0.15, 0.2) is 120 Å². The van der Waals surface area contributed by atoms with Gasteiger partial charge in [0.2, 0.25) is 0 Å². The number of nitrogens with zero attached hydrogens (tertiary/aromatic N) is 2. The van der Waals surface area contributed by atoms with E-state index in [0.717, 1.165) is 33.5 Å². The summed E-state index contributed by atoms with van der Waals surface area (Å²) in [6.45, 7) is 0. The summed E-state index contributed by atoms with van der Waals surface area (Å²) in [5.41, 5.74) is 6.40. The van der Waals surface area contributed by atoms with Crippen molar-refractivity contribution >= 4 is 23.0 Å². The van der Waals surface area contributed by atoms with Crippen molar-refractivity contribution in [2.45, 2.75) is 0 Å². The summed E-state index contributed by atoms with van der Waals surface area (Å²) in [6.07, 6.45) is 1.59. The van der Waals surface area contributed by atoms with Crippen molar-refractivity contribution in [2.75, 3.05) is 0 Å². The second-order valence-electron chi connectivity index (χ2n) is 7.62. The average molecular weight is 444 g/mol. The Kier molecular flexibility index (Phi) is 6.08. The summed E-state index contributed by atoms with van der Waals surface area (Å²) in [5.74, 6) is 1.14. The molecule has 1 aromatic heterocycles. The monoisotopic (exact) mass is 443 g/mol. The molecule has 0 saturated carbocycles. The SMILES string of the molecule is O=C(N/N=C\c1cccc(Oc2ccccc2)c1)c1cc(-c2ccccc2)nc2ccccc12. The van der Waals surface area contributed by atoms with Crippen LogP contribution < -0.4 is 10.2 Å². The number of hydrogen-bond acceptors (Lipinski definition) is 4.